The Hall–Kier alpha value is -1.34. The zero-order valence-corrected chi connectivity index (χ0v) is 11.1. The number of nitrogens with zero attached hydrogens (tertiary/aromatic N) is 1. The summed E-state index contributed by atoms with van der Waals surface area (Å²) in [6, 6.07) is 2.37. The van der Waals surface area contributed by atoms with Crippen molar-refractivity contribution >= 4 is 5.78 Å². The second-order valence-corrected chi connectivity index (χ2v) is 5.80. The standard InChI is InChI=1S/C14H19NO3/c1-13(2)10(4-5-16)12-11(18-3)6-9(17)7-14(12,13)8-15/h6,10,12,16H,4-5,7H2,1-3H3/t10-,12-,14-/m1/s1. The van der Waals surface area contributed by atoms with Crippen molar-refractivity contribution in [1.82, 2.24) is 0 Å². The number of methoxy groups -OCH3 is 1. The molecule has 1 saturated carbocycles. The second-order valence-electron chi connectivity index (χ2n) is 5.80. The minimum Gasteiger partial charge on any atom is -0.501 e. The van der Waals surface area contributed by atoms with Gasteiger partial charge in [-0.25, -0.2) is 0 Å². The van der Waals surface area contributed by atoms with Crippen LogP contribution in [0.15, 0.2) is 11.8 Å². The van der Waals surface area contributed by atoms with Crippen LogP contribution in [0.3, 0.4) is 0 Å². The molecule has 18 heavy (non-hydrogen) atoms. The average molecular weight is 249 g/mol. The molecule has 0 aromatic heterocycles. The van der Waals surface area contributed by atoms with Crippen molar-refractivity contribution in [3.8, 4) is 6.07 Å². The Bertz CT molecular complexity index is 446. The van der Waals surface area contributed by atoms with Crippen molar-refractivity contribution in [2.45, 2.75) is 26.7 Å². The van der Waals surface area contributed by atoms with Crippen LogP contribution in [-0.2, 0) is 9.53 Å². The van der Waals surface area contributed by atoms with Crippen molar-refractivity contribution in [1.29, 1.82) is 5.26 Å². The molecule has 0 aromatic carbocycles. The molecular formula is C14H19NO3. The molecule has 2 aliphatic rings. The quantitative estimate of drug-likeness (QED) is 0.825. The third kappa shape index (κ3) is 1.37. The lowest BCUT2D eigenvalue weighted by Gasteiger charge is -2.65. The number of fused-ring (bicyclic) bond motifs is 1. The highest BCUT2D eigenvalue weighted by atomic mass is 16.5. The highest BCUT2D eigenvalue weighted by molar-refractivity contribution is 5.92. The molecule has 1 N–H and O–H groups in total. The zero-order chi connectivity index (χ0) is 13.6. The molecule has 4 nitrogen and oxygen atoms in total. The van der Waals surface area contributed by atoms with Crippen molar-refractivity contribution in [3.05, 3.63) is 11.8 Å². The van der Waals surface area contributed by atoms with Gasteiger partial charge in [0.2, 0.25) is 0 Å². The number of hydrogen-bond donors (Lipinski definition) is 1. The largest absolute Gasteiger partial charge is 0.501 e. The lowest BCUT2D eigenvalue weighted by atomic mass is 9.36. The number of ketones is 1. The van der Waals surface area contributed by atoms with Crippen LogP contribution < -0.4 is 0 Å². The van der Waals surface area contributed by atoms with E-state index in [-0.39, 0.29) is 36.1 Å². The molecule has 4 heteroatoms. The van der Waals surface area contributed by atoms with Crippen molar-refractivity contribution in [3.63, 3.8) is 0 Å². The van der Waals surface area contributed by atoms with E-state index >= 15 is 0 Å². The predicted octanol–water partition coefficient (Wildman–Crippen LogP) is 1.65. The van der Waals surface area contributed by atoms with E-state index in [0.29, 0.717) is 12.2 Å². The van der Waals surface area contributed by atoms with Gasteiger partial charge in [0.25, 0.3) is 0 Å². The predicted molar refractivity (Wildman–Crippen MR) is 65.2 cm³/mol. The number of rotatable bonds is 3. The fourth-order valence-electron chi connectivity index (χ4n) is 3.85. The molecule has 1 fully saturated rings. The van der Waals surface area contributed by atoms with E-state index in [2.05, 4.69) is 6.07 Å². The topological polar surface area (TPSA) is 70.3 Å². The van der Waals surface area contributed by atoms with Crippen LogP contribution in [0.4, 0.5) is 0 Å². The van der Waals surface area contributed by atoms with E-state index in [4.69, 9.17) is 4.74 Å². The number of nitriles is 1. The fraction of sp³-hybridized carbons (Fsp3) is 0.714. The van der Waals surface area contributed by atoms with Crippen LogP contribution in [0.5, 0.6) is 0 Å². The zero-order valence-electron chi connectivity index (χ0n) is 11.1. The molecule has 0 bridgehead atoms. The van der Waals surface area contributed by atoms with Gasteiger partial charge < -0.3 is 9.84 Å². The number of aliphatic hydroxyl groups is 1. The Morgan fingerprint density at radius 1 is 1.61 bits per heavy atom. The van der Waals surface area contributed by atoms with E-state index in [9.17, 15) is 15.2 Å². The lowest BCUT2D eigenvalue weighted by molar-refractivity contribution is -0.171. The molecule has 0 radical (unpaired) electrons. The summed E-state index contributed by atoms with van der Waals surface area (Å²) in [5, 5.41) is 18.8. The number of aliphatic hydroxyl groups excluding tert-OH is 1. The molecule has 0 aromatic rings. The van der Waals surface area contributed by atoms with Crippen LogP contribution in [0.25, 0.3) is 0 Å². The minimum absolute atomic E-state index is 0.0415. The summed E-state index contributed by atoms with van der Waals surface area (Å²) < 4.78 is 5.30. The Kier molecular flexibility index (Phi) is 2.98. The van der Waals surface area contributed by atoms with Gasteiger partial charge in [0.05, 0.1) is 18.6 Å². The van der Waals surface area contributed by atoms with Gasteiger partial charge in [-0.2, -0.15) is 5.26 Å². The first-order valence-electron chi connectivity index (χ1n) is 6.25. The third-order valence-corrected chi connectivity index (χ3v) is 4.95. The SMILES string of the molecule is COC1=CC(=O)C[C@@]2(C#N)[C@@H]1[C@@H](CCO)C2(C)C. The van der Waals surface area contributed by atoms with Gasteiger partial charge in [0, 0.05) is 25.0 Å². The van der Waals surface area contributed by atoms with Crippen molar-refractivity contribution < 1.29 is 14.6 Å². The van der Waals surface area contributed by atoms with Gasteiger partial charge in [-0.15, -0.1) is 0 Å². The second kappa shape index (κ2) is 4.10. The van der Waals surface area contributed by atoms with E-state index in [1.54, 1.807) is 0 Å². The van der Waals surface area contributed by atoms with Gasteiger partial charge in [-0.05, 0) is 17.8 Å². The molecule has 0 aliphatic heterocycles. The van der Waals surface area contributed by atoms with E-state index < -0.39 is 5.41 Å². The molecule has 0 unspecified atom stereocenters. The van der Waals surface area contributed by atoms with Gasteiger partial charge in [0.1, 0.15) is 5.76 Å². The fourth-order valence-corrected chi connectivity index (χ4v) is 3.85. The van der Waals surface area contributed by atoms with Crippen LogP contribution in [0.1, 0.15) is 26.7 Å². The summed E-state index contributed by atoms with van der Waals surface area (Å²) in [5.41, 5.74) is -0.952. The van der Waals surface area contributed by atoms with Crippen LogP contribution >= 0.6 is 0 Å². The van der Waals surface area contributed by atoms with Gasteiger partial charge in [-0.1, -0.05) is 13.8 Å². The maximum Gasteiger partial charge on any atom is 0.160 e. The maximum atomic E-state index is 11.8. The molecule has 0 spiro atoms. The molecular weight excluding hydrogens is 230 g/mol. The van der Waals surface area contributed by atoms with E-state index in [1.807, 2.05) is 13.8 Å². The molecule has 0 heterocycles. The van der Waals surface area contributed by atoms with Gasteiger partial charge >= 0.3 is 0 Å². The molecule has 0 amide bonds. The summed E-state index contributed by atoms with van der Waals surface area (Å²) in [6.45, 7) is 4.12. The Labute approximate surface area is 107 Å². The Morgan fingerprint density at radius 3 is 2.78 bits per heavy atom. The maximum absolute atomic E-state index is 11.8. The number of hydrogen-bond acceptors (Lipinski definition) is 4. The smallest absolute Gasteiger partial charge is 0.160 e. The number of ether oxygens (including phenoxy) is 1. The highest BCUT2D eigenvalue weighted by Crippen LogP contribution is 2.70. The number of carbonyl (C=O) groups is 1. The summed E-state index contributed by atoms with van der Waals surface area (Å²) in [7, 11) is 1.54. The normalized spacial score (nSPS) is 37.1. The first-order valence-corrected chi connectivity index (χ1v) is 6.25. The van der Waals surface area contributed by atoms with Crippen molar-refractivity contribution in [2.24, 2.45) is 22.7 Å². The molecule has 3 atom stereocenters. The minimum atomic E-state index is -0.677. The first-order chi connectivity index (χ1) is 8.44. The van der Waals surface area contributed by atoms with Gasteiger partial charge in [-0.3, -0.25) is 4.79 Å². The lowest BCUT2D eigenvalue weighted by Crippen LogP contribution is -2.65. The Morgan fingerprint density at radius 2 is 2.28 bits per heavy atom. The third-order valence-electron chi connectivity index (χ3n) is 4.95. The average Bonchev–Trinajstić information content (AvgIpc) is 2.34. The molecule has 98 valence electrons. The number of carbonyl (C=O) groups excluding carboxylic acids is 1. The number of allylic oxidation sites excluding steroid dienone is 2. The van der Waals surface area contributed by atoms with Crippen LogP contribution in [0, 0.1) is 34.0 Å². The van der Waals surface area contributed by atoms with Crippen LogP contribution in [0.2, 0.25) is 0 Å². The molecule has 2 rings (SSSR count). The first kappa shape index (κ1) is 13.1. The van der Waals surface area contributed by atoms with Crippen LogP contribution in [-0.4, -0.2) is 24.6 Å². The van der Waals surface area contributed by atoms with E-state index in [0.717, 1.165) is 0 Å². The molecule has 0 saturated heterocycles. The summed E-state index contributed by atoms with van der Waals surface area (Å²) in [5.74, 6) is 0.680. The monoisotopic (exact) mass is 249 g/mol. The Balaban J connectivity index is 2.47. The molecule has 2 aliphatic carbocycles. The highest BCUT2D eigenvalue weighted by Gasteiger charge is 2.70. The van der Waals surface area contributed by atoms with Gasteiger partial charge in [0.15, 0.2) is 5.78 Å². The summed E-state index contributed by atoms with van der Waals surface area (Å²) >= 11 is 0. The van der Waals surface area contributed by atoms with Crippen molar-refractivity contribution in [2.75, 3.05) is 13.7 Å². The summed E-state index contributed by atoms with van der Waals surface area (Å²) in [4.78, 5) is 11.8. The van der Waals surface area contributed by atoms with E-state index in [1.165, 1.54) is 13.2 Å². The summed E-state index contributed by atoms with van der Waals surface area (Å²) in [6.07, 6.45) is 2.41.